The fourth-order valence-corrected chi connectivity index (χ4v) is 4.25. The molecule has 0 fully saturated rings. The van der Waals surface area contributed by atoms with Gasteiger partial charge in [-0.2, -0.15) is 4.99 Å². The van der Waals surface area contributed by atoms with Crippen LogP contribution in [0, 0.1) is 0 Å². The van der Waals surface area contributed by atoms with Crippen LogP contribution in [0.4, 0.5) is 10.8 Å². The average molecular weight is 396 g/mol. The quantitative estimate of drug-likeness (QED) is 0.650. The van der Waals surface area contributed by atoms with Crippen LogP contribution in [-0.4, -0.2) is 28.0 Å². The lowest BCUT2D eigenvalue weighted by Gasteiger charge is -2.03. The van der Waals surface area contributed by atoms with Crippen LogP contribution in [-0.2, 0) is 6.54 Å². The molecule has 1 aliphatic rings. The predicted molar refractivity (Wildman–Crippen MR) is 111 cm³/mol. The average Bonchev–Trinajstić information content (AvgIpc) is 3.39. The molecule has 0 unspecified atom stereocenters. The first-order valence-electron chi connectivity index (χ1n) is 8.11. The third kappa shape index (κ3) is 3.36. The number of thiazole rings is 2. The maximum absolute atomic E-state index is 10.7. The molecule has 3 heterocycles. The van der Waals surface area contributed by atoms with E-state index in [0.717, 1.165) is 22.6 Å². The first kappa shape index (κ1) is 17.4. The van der Waals surface area contributed by atoms with E-state index in [1.54, 1.807) is 30.2 Å². The lowest BCUT2D eigenvalue weighted by Crippen LogP contribution is -2.12. The van der Waals surface area contributed by atoms with Gasteiger partial charge in [-0.25, -0.2) is 4.98 Å². The van der Waals surface area contributed by atoms with E-state index in [1.807, 2.05) is 29.7 Å². The van der Waals surface area contributed by atoms with Gasteiger partial charge in [0.1, 0.15) is 5.75 Å². The smallest absolute Gasteiger partial charge is 0.211 e. The number of nitrogens with zero attached hydrogens (tertiary/aromatic N) is 4. The SMILES string of the molecule is C=CCn1c(O)c(/C=C2\C=Nc3cc(OC)ccc32)s/c1=N\c1nccs1. The summed E-state index contributed by atoms with van der Waals surface area (Å²) in [6.45, 7) is 4.22. The maximum atomic E-state index is 10.7. The lowest BCUT2D eigenvalue weighted by molar-refractivity contribution is 0.415. The lowest BCUT2D eigenvalue weighted by atomic mass is 10.1. The van der Waals surface area contributed by atoms with Gasteiger partial charge in [0.2, 0.25) is 11.0 Å². The Morgan fingerprint density at radius 1 is 1.41 bits per heavy atom. The van der Waals surface area contributed by atoms with Gasteiger partial charge in [-0.3, -0.25) is 9.56 Å². The molecule has 1 N–H and O–H groups in total. The number of methoxy groups -OCH3 is 1. The standard InChI is InChI=1S/C19H16N4O2S2/c1-3-7-23-17(24)16(27-19(23)22-18-20-6-8-26-18)9-12-11-21-15-10-13(25-2)4-5-14(12)15/h3-6,8-11,24H,1,7H2,2H3/b12-9+,22-19-. The number of allylic oxidation sites excluding steroid dienone is 2. The van der Waals surface area contributed by atoms with Crippen molar-refractivity contribution in [3.8, 4) is 11.6 Å². The molecular formula is C19H16N4O2S2. The highest BCUT2D eigenvalue weighted by Crippen LogP contribution is 2.36. The zero-order valence-corrected chi connectivity index (χ0v) is 16.1. The number of aromatic nitrogens is 2. The maximum Gasteiger partial charge on any atom is 0.211 e. The second kappa shape index (κ2) is 7.34. The zero-order valence-electron chi connectivity index (χ0n) is 14.5. The molecule has 0 atom stereocenters. The molecule has 0 radical (unpaired) electrons. The number of rotatable bonds is 5. The van der Waals surface area contributed by atoms with Crippen molar-refractivity contribution in [2.45, 2.75) is 6.54 Å². The van der Waals surface area contributed by atoms with Gasteiger partial charge in [0, 0.05) is 41.5 Å². The van der Waals surface area contributed by atoms with Crippen molar-refractivity contribution >= 4 is 51.4 Å². The van der Waals surface area contributed by atoms with Gasteiger partial charge in [-0.15, -0.1) is 17.9 Å². The third-order valence-corrected chi connectivity index (χ3v) is 5.66. The highest BCUT2D eigenvalue weighted by molar-refractivity contribution is 7.13. The monoisotopic (exact) mass is 396 g/mol. The number of hydrogen-bond acceptors (Lipinski definition) is 7. The van der Waals surface area contributed by atoms with Crippen LogP contribution in [0.2, 0.25) is 0 Å². The van der Waals surface area contributed by atoms with Crippen molar-refractivity contribution in [2.24, 2.45) is 9.98 Å². The van der Waals surface area contributed by atoms with Gasteiger partial charge in [-0.05, 0) is 18.2 Å². The first-order chi connectivity index (χ1) is 13.2. The topological polar surface area (TPSA) is 72.0 Å². The Balaban J connectivity index is 1.79. The fraction of sp³-hybridized carbons (Fsp3) is 0.105. The van der Waals surface area contributed by atoms with Crippen LogP contribution in [0.15, 0.2) is 52.4 Å². The number of aliphatic imine (C=N–C) groups is 1. The van der Waals surface area contributed by atoms with Crippen LogP contribution in [0.3, 0.4) is 0 Å². The number of benzene rings is 1. The molecule has 4 rings (SSSR count). The van der Waals surface area contributed by atoms with Crippen molar-refractivity contribution < 1.29 is 9.84 Å². The van der Waals surface area contributed by atoms with Gasteiger partial charge >= 0.3 is 0 Å². The third-order valence-electron chi connectivity index (χ3n) is 3.98. The molecule has 0 saturated heterocycles. The van der Waals surface area contributed by atoms with Gasteiger partial charge in [0.25, 0.3) is 0 Å². The molecule has 6 nitrogen and oxygen atoms in total. The van der Waals surface area contributed by atoms with Crippen molar-refractivity contribution in [1.29, 1.82) is 0 Å². The van der Waals surface area contributed by atoms with Crippen LogP contribution in [0.25, 0.3) is 11.6 Å². The van der Waals surface area contributed by atoms with E-state index in [-0.39, 0.29) is 5.88 Å². The summed E-state index contributed by atoms with van der Waals surface area (Å²) in [6, 6.07) is 5.76. The highest BCUT2D eigenvalue weighted by atomic mass is 32.1. The Bertz CT molecular complexity index is 1120. The molecule has 0 spiro atoms. The Hall–Kier alpha value is -2.97. The first-order valence-corrected chi connectivity index (χ1v) is 9.81. The molecule has 27 heavy (non-hydrogen) atoms. The minimum Gasteiger partial charge on any atom is -0.497 e. The highest BCUT2D eigenvalue weighted by Gasteiger charge is 2.16. The molecule has 0 aliphatic carbocycles. The number of ether oxygens (including phenoxy) is 1. The van der Waals surface area contributed by atoms with E-state index in [4.69, 9.17) is 4.74 Å². The summed E-state index contributed by atoms with van der Waals surface area (Å²) in [5.41, 5.74) is 2.77. The zero-order chi connectivity index (χ0) is 18.8. The van der Waals surface area contributed by atoms with E-state index >= 15 is 0 Å². The normalized spacial score (nSPS) is 14.7. The minimum absolute atomic E-state index is 0.151. The summed E-state index contributed by atoms with van der Waals surface area (Å²) >= 11 is 2.84. The van der Waals surface area contributed by atoms with Crippen LogP contribution < -0.4 is 9.54 Å². The Morgan fingerprint density at radius 3 is 3.04 bits per heavy atom. The Kier molecular flexibility index (Phi) is 4.74. The van der Waals surface area contributed by atoms with Gasteiger partial charge < -0.3 is 9.84 Å². The van der Waals surface area contributed by atoms with Gasteiger partial charge in [0.05, 0.1) is 17.7 Å². The molecule has 8 heteroatoms. The van der Waals surface area contributed by atoms with Crippen molar-refractivity contribution in [1.82, 2.24) is 9.55 Å². The number of hydrogen-bond donors (Lipinski definition) is 1. The molecule has 0 saturated carbocycles. The summed E-state index contributed by atoms with van der Waals surface area (Å²) in [6.07, 6.45) is 7.14. The molecule has 0 bridgehead atoms. The molecule has 3 aromatic rings. The van der Waals surface area contributed by atoms with Gasteiger partial charge in [-0.1, -0.05) is 17.4 Å². The number of fused-ring (bicyclic) bond motifs is 1. The number of aromatic hydroxyl groups is 1. The summed E-state index contributed by atoms with van der Waals surface area (Å²) in [5.74, 6) is 0.914. The second-order valence-corrected chi connectivity index (χ2v) is 7.52. The molecule has 0 amide bonds. The van der Waals surface area contributed by atoms with E-state index in [9.17, 15) is 5.11 Å². The van der Waals surface area contributed by atoms with Crippen LogP contribution >= 0.6 is 22.7 Å². The Morgan fingerprint density at radius 2 is 2.30 bits per heavy atom. The van der Waals surface area contributed by atoms with Crippen molar-refractivity contribution in [3.63, 3.8) is 0 Å². The van der Waals surface area contributed by atoms with Crippen LogP contribution in [0.5, 0.6) is 11.6 Å². The summed E-state index contributed by atoms with van der Waals surface area (Å²) in [7, 11) is 1.63. The summed E-state index contributed by atoms with van der Waals surface area (Å²) in [5, 5.41) is 13.2. The summed E-state index contributed by atoms with van der Waals surface area (Å²) < 4.78 is 6.96. The second-order valence-electron chi connectivity index (χ2n) is 5.64. The molecule has 2 aromatic heterocycles. The minimum atomic E-state index is 0.151. The Labute approximate surface area is 163 Å². The summed E-state index contributed by atoms with van der Waals surface area (Å²) in [4.78, 5) is 14.5. The van der Waals surface area contributed by atoms with E-state index < -0.39 is 0 Å². The molecular weight excluding hydrogens is 380 g/mol. The van der Waals surface area contributed by atoms with Crippen molar-refractivity contribution in [3.05, 3.63) is 57.7 Å². The fourth-order valence-electron chi connectivity index (χ4n) is 2.70. The molecule has 136 valence electrons. The van der Waals surface area contributed by atoms with Gasteiger partial charge in [0.15, 0.2) is 4.80 Å². The van der Waals surface area contributed by atoms with Crippen molar-refractivity contribution in [2.75, 3.05) is 7.11 Å². The molecule has 1 aliphatic heterocycles. The predicted octanol–water partition coefficient (Wildman–Crippen LogP) is 4.40. The van der Waals surface area contributed by atoms with E-state index in [1.165, 1.54) is 22.7 Å². The van der Waals surface area contributed by atoms with E-state index in [0.29, 0.717) is 21.4 Å². The largest absolute Gasteiger partial charge is 0.497 e. The van der Waals surface area contributed by atoms with Crippen LogP contribution in [0.1, 0.15) is 10.4 Å². The molecule has 1 aromatic carbocycles. The van der Waals surface area contributed by atoms with E-state index in [2.05, 4.69) is 21.5 Å².